The summed E-state index contributed by atoms with van der Waals surface area (Å²) in [5, 5.41) is 5.73. The van der Waals surface area contributed by atoms with Crippen LogP contribution < -0.4 is 5.32 Å². The Morgan fingerprint density at radius 1 is 1.55 bits per heavy atom. The monoisotopic (exact) mass is 320 g/mol. The third-order valence-electron chi connectivity index (χ3n) is 4.13. The lowest BCUT2D eigenvalue weighted by Crippen LogP contribution is -2.45. The SMILES string of the molecule is C[C@@H]1CN([C@H](CNCc2nccn2C)c2cccs2)CCO1. The second kappa shape index (κ2) is 7.37. The zero-order chi connectivity index (χ0) is 15.4. The average Bonchev–Trinajstić information content (AvgIpc) is 3.16. The first-order valence-electron chi connectivity index (χ1n) is 7.80. The van der Waals surface area contributed by atoms with Crippen LogP contribution in [0.5, 0.6) is 0 Å². The van der Waals surface area contributed by atoms with Gasteiger partial charge in [-0.2, -0.15) is 0 Å². The van der Waals surface area contributed by atoms with Crippen LogP contribution in [0.1, 0.15) is 23.7 Å². The predicted molar refractivity (Wildman–Crippen MR) is 89.0 cm³/mol. The number of nitrogens with zero attached hydrogens (tertiary/aromatic N) is 3. The van der Waals surface area contributed by atoms with E-state index in [0.29, 0.717) is 12.1 Å². The van der Waals surface area contributed by atoms with Crippen LogP contribution in [0.2, 0.25) is 0 Å². The van der Waals surface area contributed by atoms with E-state index in [1.165, 1.54) is 4.88 Å². The van der Waals surface area contributed by atoms with Gasteiger partial charge in [0, 0.05) is 44.0 Å². The van der Waals surface area contributed by atoms with E-state index in [0.717, 1.165) is 38.6 Å². The molecule has 5 nitrogen and oxygen atoms in total. The molecule has 120 valence electrons. The maximum Gasteiger partial charge on any atom is 0.122 e. The first kappa shape index (κ1) is 15.7. The minimum atomic E-state index is 0.311. The van der Waals surface area contributed by atoms with Crippen LogP contribution >= 0.6 is 11.3 Å². The van der Waals surface area contributed by atoms with Crippen LogP contribution in [0.3, 0.4) is 0 Å². The number of morpholine rings is 1. The van der Waals surface area contributed by atoms with E-state index in [-0.39, 0.29) is 0 Å². The zero-order valence-corrected chi connectivity index (χ0v) is 14.1. The third kappa shape index (κ3) is 3.76. The summed E-state index contributed by atoms with van der Waals surface area (Å²) in [6.45, 7) is 6.69. The second-order valence-electron chi connectivity index (χ2n) is 5.79. The van der Waals surface area contributed by atoms with Crippen LogP contribution in [-0.4, -0.2) is 46.8 Å². The van der Waals surface area contributed by atoms with Gasteiger partial charge in [-0.25, -0.2) is 4.98 Å². The highest BCUT2D eigenvalue weighted by Gasteiger charge is 2.26. The van der Waals surface area contributed by atoms with E-state index < -0.39 is 0 Å². The van der Waals surface area contributed by atoms with Gasteiger partial charge >= 0.3 is 0 Å². The number of ether oxygens (including phenoxy) is 1. The maximum absolute atomic E-state index is 5.68. The molecule has 3 rings (SSSR count). The van der Waals surface area contributed by atoms with E-state index in [4.69, 9.17) is 4.74 Å². The largest absolute Gasteiger partial charge is 0.376 e. The lowest BCUT2D eigenvalue weighted by Gasteiger charge is -2.37. The van der Waals surface area contributed by atoms with Crippen LogP contribution in [0.4, 0.5) is 0 Å². The fourth-order valence-corrected chi connectivity index (χ4v) is 3.77. The number of imidazole rings is 1. The summed E-state index contributed by atoms with van der Waals surface area (Å²) in [5.41, 5.74) is 0. The van der Waals surface area contributed by atoms with Crippen molar-refractivity contribution in [3.05, 3.63) is 40.6 Å². The Morgan fingerprint density at radius 3 is 3.14 bits per heavy atom. The highest BCUT2D eigenvalue weighted by molar-refractivity contribution is 7.10. The van der Waals surface area contributed by atoms with Crippen molar-refractivity contribution >= 4 is 11.3 Å². The predicted octanol–water partition coefficient (Wildman–Crippen LogP) is 2.03. The molecule has 0 spiro atoms. The van der Waals surface area contributed by atoms with Gasteiger partial charge in [-0.15, -0.1) is 11.3 Å². The number of hydrogen-bond acceptors (Lipinski definition) is 5. The van der Waals surface area contributed by atoms with Gasteiger partial charge in [-0.1, -0.05) is 6.07 Å². The second-order valence-corrected chi connectivity index (χ2v) is 6.77. The fraction of sp³-hybridized carbons (Fsp3) is 0.562. The number of aryl methyl sites for hydroxylation is 1. The molecule has 6 heteroatoms. The van der Waals surface area contributed by atoms with Crippen LogP contribution in [0.25, 0.3) is 0 Å². The molecule has 1 aliphatic rings. The Morgan fingerprint density at radius 2 is 2.45 bits per heavy atom. The average molecular weight is 320 g/mol. The Bertz CT molecular complexity index is 568. The smallest absolute Gasteiger partial charge is 0.122 e. The van der Waals surface area contributed by atoms with Crippen LogP contribution in [0.15, 0.2) is 29.9 Å². The summed E-state index contributed by atoms with van der Waals surface area (Å²) < 4.78 is 7.74. The summed E-state index contributed by atoms with van der Waals surface area (Å²) in [6, 6.07) is 4.78. The first-order valence-corrected chi connectivity index (χ1v) is 8.68. The minimum Gasteiger partial charge on any atom is -0.376 e. The minimum absolute atomic E-state index is 0.311. The summed E-state index contributed by atoms with van der Waals surface area (Å²) in [6.07, 6.45) is 4.14. The maximum atomic E-state index is 5.68. The fourth-order valence-electron chi connectivity index (χ4n) is 2.91. The molecule has 2 aromatic rings. The normalized spacial score (nSPS) is 21.1. The lowest BCUT2D eigenvalue weighted by molar-refractivity contribution is -0.0340. The molecule has 2 atom stereocenters. The Kier molecular flexibility index (Phi) is 5.25. The van der Waals surface area contributed by atoms with E-state index in [1.54, 1.807) is 0 Å². The molecule has 3 heterocycles. The highest BCUT2D eigenvalue weighted by atomic mass is 32.1. The molecular formula is C16H24N4OS. The molecule has 2 aromatic heterocycles. The van der Waals surface area contributed by atoms with Crippen molar-refractivity contribution in [2.24, 2.45) is 7.05 Å². The molecule has 0 saturated carbocycles. The van der Waals surface area contributed by atoms with Gasteiger partial charge < -0.3 is 14.6 Å². The van der Waals surface area contributed by atoms with Gasteiger partial charge in [-0.3, -0.25) is 4.90 Å². The lowest BCUT2D eigenvalue weighted by atomic mass is 10.1. The molecule has 0 amide bonds. The van der Waals surface area contributed by atoms with E-state index in [9.17, 15) is 0 Å². The number of aromatic nitrogens is 2. The van der Waals surface area contributed by atoms with Crippen molar-refractivity contribution in [2.75, 3.05) is 26.2 Å². The highest BCUT2D eigenvalue weighted by Crippen LogP contribution is 2.26. The van der Waals surface area contributed by atoms with Gasteiger partial charge in [0.15, 0.2) is 0 Å². The number of rotatable bonds is 6. The Labute approximate surface area is 135 Å². The summed E-state index contributed by atoms with van der Waals surface area (Å²) in [5.74, 6) is 1.07. The van der Waals surface area contributed by atoms with Gasteiger partial charge in [0.05, 0.1) is 25.3 Å². The Hall–Kier alpha value is -1.21. The summed E-state index contributed by atoms with van der Waals surface area (Å²) in [7, 11) is 2.03. The van der Waals surface area contributed by atoms with E-state index in [1.807, 2.05) is 30.8 Å². The number of hydrogen-bond donors (Lipinski definition) is 1. The summed E-state index contributed by atoms with van der Waals surface area (Å²) in [4.78, 5) is 8.32. The molecule has 1 aliphatic heterocycles. The molecule has 1 fully saturated rings. The van der Waals surface area contributed by atoms with Crippen LogP contribution in [-0.2, 0) is 18.3 Å². The van der Waals surface area contributed by atoms with Crippen molar-refractivity contribution in [1.29, 1.82) is 0 Å². The van der Waals surface area contributed by atoms with E-state index >= 15 is 0 Å². The Balaban J connectivity index is 1.63. The van der Waals surface area contributed by atoms with Gasteiger partial charge in [0.2, 0.25) is 0 Å². The number of nitrogens with one attached hydrogen (secondary N) is 1. The molecule has 1 N–H and O–H groups in total. The molecule has 0 aliphatic carbocycles. The standard InChI is InChI=1S/C16H24N4OS/c1-13-12-20(7-8-21-13)14(15-4-3-9-22-15)10-17-11-16-18-5-6-19(16)2/h3-6,9,13-14,17H,7-8,10-12H2,1-2H3/t13-,14-/m1/s1. The molecule has 1 saturated heterocycles. The van der Waals surface area contributed by atoms with Gasteiger partial charge in [0.25, 0.3) is 0 Å². The van der Waals surface area contributed by atoms with Crippen molar-refractivity contribution in [3.8, 4) is 0 Å². The molecule has 22 heavy (non-hydrogen) atoms. The molecule has 0 aromatic carbocycles. The van der Waals surface area contributed by atoms with Crippen LogP contribution in [0, 0.1) is 0 Å². The third-order valence-corrected chi connectivity index (χ3v) is 5.10. The van der Waals surface area contributed by atoms with Crippen molar-refractivity contribution in [3.63, 3.8) is 0 Å². The topological polar surface area (TPSA) is 42.3 Å². The van der Waals surface area contributed by atoms with Crippen molar-refractivity contribution < 1.29 is 4.74 Å². The van der Waals surface area contributed by atoms with Crippen molar-refractivity contribution in [1.82, 2.24) is 19.8 Å². The van der Waals surface area contributed by atoms with Crippen molar-refractivity contribution in [2.45, 2.75) is 25.6 Å². The quantitative estimate of drug-likeness (QED) is 0.884. The molecule has 0 bridgehead atoms. The molecule has 0 radical (unpaired) electrons. The van der Waals surface area contributed by atoms with Gasteiger partial charge in [0.1, 0.15) is 5.82 Å². The first-order chi connectivity index (χ1) is 10.7. The molecule has 0 unspecified atom stereocenters. The van der Waals surface area contributed by atoms with Gasteiger partial charge in [-0.05, 0) is 18.4 Å². The molecular weight excluding hydrogens is 296 g/mol. The zero-order valence-electron chi connectivity index (χ0n) is 13.2. The van der Waals surface area contributed by atoms with E-state index in [2.05, 4.69) is 44.2 Å². The summed E-state index contributed by atoms with van der Waals surface area (Å²) >= 11 is 1.83. The number of thiophene rings is 1.